The maximum absolute atomic E-state index is 10.3. The summed E-state index contributed by atoms with van der Waals surface area (Å²) in [5.41, 5.74) is -0.551. The summed E-state index contributed by atoms with van der Waals surface area (Å²) in [4.78, 5) is 0. The summed E-state index contributed by atoms with van der Waals surface area (Å²) in [5, 5.41) is 23.4. The predicted molar refractivity (Wildman–Crippen MR) is 75.1 cm³/mol. The standard InChI is InChI=1S/C15H29NO3/c17-13(11-19-14-6-2-3-7-14)10-16-12-15(18)8-4-1-5-9-15/h13-14,16-18H,1-12H2. The van der Waals surface area contributed by atoms with Crippen molar-refractivity contribution in [3.05, 3.63) is 0 Å². The van der Waals surface area contributed by atoms with Crippen LogP contribution < -0.4 is 5.32 Å². The Labute approximate surface area is 116 Å². The van der Waals surface area contributed by atoms with Gasteiger partial charge in [-0.2, -0.15) is 0 Å². The first-order chi connectivity index (χ1) is 9.18. The average molecular weight is 271 g/mol. The third kappa shape index (κ3) is 5.38. The molecule has 0 amide bonds. The van der Waals surface area contributed by atoms with Gasteiger partial charge in [-0.25, -0.2) is 0 Å². The zero-order valence-electron chi connectivity index (χ0n) is 11.9. The molecule has 4 heteroatoms. The minimum Gasteiger partial charge on any atom is -0.389 e. The van der Waals surface area contributed by atoms with Crippen molar-refractivity contribution in [3.8, 4) is 0 Å². The SMILES string of the molecule is OC(CNCC1(O)CCCCC1)COC1CCCC1. The number of aliphatic hydroxyl groups is 2. The molecule has 1 unspecified atom stereocenters. The highest BCUT2D eigenvalue weighted by molar-refractivity contribution is 4.84. The summed E-state index contributed by atoms with van der Waals surface area (Å²) in [6.45, 7) is 1.51. The van der Waals surface area contributed by atoms with Crippen LogP contribution in [-0.4, -0.2) is 47.7 Å². The van der Waals surface area contributed by atoms with E-state index in [0.29, 0.717) is 25.8 Å². The van der Waals surface area contributed by atoms with Crippen LogP contribution in [0, 0.1) is 0 Å². The maximum Gasteiger partial charge on any atom is 0.0897 e. The van der Waals surface area contributed by atoms with Crippen molar-refractivity contribution >= 4 is 0 Å². The van der Waals surface area contributed by atoms with Crippen LogP contribution in [0.2, 0.25) is 0 Å². The van der Waals surface area contributed by atoms with Gasteiger partial charge in [0.1, 0.15) is 0 Å². The molecule has 0 spiro atoms. The van der Waals surface area contributed by atoms with Gasteiger partial charge < -0.3 is 20.3 Å². The first-order valence-electron chi connectivity index (χ1n) is 7.91. The van der Waals surface area contributed by atoms with Crippen LogP contribution in [0.1, 0.15) is 57.8 Å². The summed E-state index contributed by atoms with van der Waals surface area (Å²) in [5.74, 6) is 0. The Kier molecular flexibility index (Phi) is 6.07. The van der Waals surface area contributed by atoms with E-state index in [1.807, 2.05) is 0 Å². The maximum atomic E-state index is 10.3. The Morgan fingerprint density at radius 3 is 2.47 bits per heavy atom. The van der Waals surface area contributed by atoms with E-state index in [2.05, 4.69) is 5.32 Å². The number of hydrogen-bond donors (Lipinski definition) is 3. The van der Waals surface area contributed by atoms with E-state index < -0.39 is 11.7 Å². The molecule has 2 fully saturated rings. The van der Waals surface area contributed by atoms with Crippen LogP contribution in [0.15, 0.2) is 0 Å². The molecule has 2 rings (SSSR count). The molecule has 19 heavy (non-hydrogen) atoms. The monoisotopic (exact) mass is 271 g/mol. The highest BCUT2D eigenvalue weighted by Crippen LogP contribution is 2.27. The Hall–Kier alpha value is -0.160. The van der Waals surface area contributed by atoms with Crippen LogP contribution in [-0.2, 0) is 4.74 Å². The smallest absolute Gasteiger partial charge is 0.0897 e. The second-order valence-electron chi connectivity index (χ2n) is 6.31. The molecule has 112 valence electrons. The van der Waals surface area contributed by atoms with Crippen LogP contribution in [0.4, 0.5) is 0 Å². The Bertz CT molecular complexity index is 248. The van der Waals surface area contributed by atoms with Crippen molar-refractivity contribution in [3.63, 3.8) is 0 Å². The fourth-order valence-corrected chi connectivity index (χ4v) is 3.22. The van der Waals surface area contributed by atoms with Gasteiger partial charge in [0, 0.05) is 13.1 Å². The third-order valence-electron chi connectivity index (χ3n) is 4.44. The van der Waals surface area contributed by atoms with Crippen molar-refractivity contribution < 1.29 is 14.9 Å². The van der Waals surface area contributed by atoms with Crippen molar-refractivity contribution in [2.45, 2.75) is 75.6 Å². The molecule has 0 radical (unpaired) electrons. The van der Waals surface area contributed by atoms with Gasteiger partial charge in [0.05, 0.1) is 24.4 Å². The minimum absolute atomic E-state index is 0.358. The van der Waals surface area contributed by atoms with Gasteiger partial charge in [-0.15, -0.1) is 0 Å². The molecule has 0 aromatic rings. The van der Waals surface area contributed by atoms with E-state index in [0.717, 1.165) is 38.5 Å². The Morgan fingerprint density at radius 2 is 1.79 bits per heavy atom. The van der Waals surface area contributed by atoms with Gasteiger partial charge in [-0.1, -0.05) is 32.1 Å². The Balaban J connectivity index is 1.54. The molecular formula is C15H29NO3. The van der Waals surface area contributed by atoms with E-state index in [-0.39, 0.29) is 0 Å². The first-order valence-corrected chi connectivity index (χ1v) is 7.91. The lowest BCUT2D eigenvalue weighted by atomic mass is 9.85. The van der Waals surface area contributed by atoms with E-state index in [1.54, 1.807) is 0 Å². The summed E-state index contributed by atoms with van der Waals surface area (Å²) < 4.78 is 5.68. The van der Waals surface area contributed by atoms with Crippen molar-refractivity contribution in [2.75, 3.05) is 19.7 Å². The summed E-state index contributed by atoms with van der Waals surface area (Å²) >= 11 is 0. The van der Waals surface area contributed by atoms with Crippen LogP contribution in [0.3, 0.4) is 0 Å². The summed E-state index contributed by atoms with van der Waals surface area (Å²) in [6.07, 6.45) is 9.92. The molecule has 2 aliphatic rings. The number of hydrogen-bond acceptors (Lipinski definition) is 4. The number of aliphatic hydroxyl groups excluding tert-OH is 1. The van der Waals surface area contributed by atoms with Gasteiger partial charge >= 0.3 is 0 Å². The lowest BCUT2D eigenvalue weighted by Crippen LogP contribution is -2.44. The second kappa shape index (κ2) is 7.58. The molecule has 4 nitrogen and oxygen atoms in total. The van der Waals surface area contributed by atoms with Crippen molar-refractivity contribution in [1.82, 2.24) is 5.32 Å². The molecule has 0 aliphatic heterocycles. The van der Waals surface area contributed by atoms with Gasteiger partial charge in [0.25, 0.3) is 0 Å². The topological polar surface area (TPSA) is 61.7 Å². The number of ether oxygens (including phenoxy) is 1. The minimum atomic E-state index is -0.551. The van der Waals surface area contributed by atoms with Gasteiger partial charge in [0.2, 0.25) is 0 Å². The molecule has 0 aromatic carbocycles. The van der Waals surface area contributed by atoms with E-state index in [9.17, 15) is 10.2 Å². The first kappa shape index (κ1) is 15.2. The summed E-state index contributed by atoms with van der Waals surface area (Å²) in [7, 11) is 0. The van der Waals surface area contributed by atoms with Crippen molar-refractivity contribution in [2.24, 2.45) is 0 Å². The summed E-state index contributed by atoms with van der Waals surface area (Å²) in [6, 6.07) is 0. The Morgan fingerprint density at radius 1 is 1.11 bits per heavy atom. The molecule has 0 heterocycles. The largest absolute Gasteiger partial charge is 0.389 e. The number of nitrogens with one attached hydrogen (secondary N) is 1. The molecule has 1 atom stereocenters. The molecular weight excluding hydrogens is 242 g/mol. The van der Waals surface area contributed by atoms with Crippen LogP contribution in [0.5, 0.6) is 0 Å². The quantitative estimate of drug-likeness (QED) is 0.658. The van der Waals surface area contributed by atoms with Crippen molar-refractivity contribution in [1.29, 1.82) is 0 Å². The molecule has 0 saturated heterocycles. The lowest BCUT2D eigenvalue weighted by Gasteiger charge is -2.32. The van der Waals surface area contributed by atoms with E-state index in [4.69, 9.17) is 4.74 Å². The zero-order chi connectivity index (χ0) is 13.6. The van der Waals surface area contributed by atoms with Gasteiger partial charge in [-0.05, 0) is 25.7 Å². The highest BCUT2D eigenvalue weighted by Gasteiger charge is 2.28. The highest BCUT2D eigenvalue weighted by atomic mass is 16.5. The molecule has 2 aliphatic carbocycles. The van der Waals surface area contributed by atoms with Gasteiger partial charge in [0.15, 0.2) is 0 Å². The second-order valence-corrected chi connectivity index (χ2v) is 6.31. The van der Waals surface area contributed by atoms with Crippen LogP contribution in [0.25, 0.3) is 0 Å². The fraction of sp³-hybridized carbons (Fsp3) is 1.00. The molecule has 3 N–H and O–H groups in total. The van der Waals surface area contributed by atoms with E-state index >= 15 is 0 Å². The lowest BCUT2D eigenvalue weighted by molar-refractivity contribution is -0.0160. The number of rotatable bonds is 7. The molecule has 2 saturated carbocycles. The average Bonchev–Trinajstić information content (AvgIpc) is 2.90. The third-order valence-corrected chi connectivity index (χ3v) is 4.44. The molecule has 0 bridgehead atoms. The predicted octanol–water partition coefficient (Wildman–Crippen LogP) is 1.59. The molecule has 0 aromatic heterocycles. The fourth-order valence-electron chi connectivity index (χ4n) is 3.22. The normalized spacial score (nSPS) is 25.6. The zero-order valence-corrected chi connectivity index (χ0v) is 11.9. The van der Waals surface area contributed by atoms with Gasteiger partial charge in [-0.3, -0.25) is 0 Å². The van der Waals surface area contributed by atoms with E-state index in [1.165, 1.54) is 19.3 Å². The van der Waals surface area contributed by atoms with Crippen LogP contribution >= 0.6 is 0 Å².